The van der Waals surface area contributed by atoms with Crippen molar-refractivity contribution in [1.29, 1.82) is 0 Å². The van der Waals surface area contributed by atoms with E-state index >= 15 is 0 Å². The highest BCUT2D eigenvalue weighted by Gasteiger charge is 2.21. The smallest absolute Gasteiger partial charge is 0.257 e. The molecule has 0 atom stereocenters. The van der Waals surface area contributed by atoms with E-state index in [1.165, 1.54) is 17.7 Å². The SMILES string of the molecule is O=C(NC(=S)Nc1ccc(S(=O)(=O)NC2CCCCC2)cc1)c1ccc(OCCc2ccccc2)c(Br)c1. The van der Waals surface area contributed by atoms with Crippen LogP contribution in [-0.2, 0) is 16.4 Å². The summed E-state index contributed by atoms with van der Waals surface area (Å²) in [5, 5.41) is 5.67. The Balaban J connectivity index is 1.27. The minimum Gasteiger partial charge on any atom is -0.492 e. The molecule has 0 saturated heterocycles. The molecule has 38 heavy (non-hydrogen) atoms. The lowest BCUT2D eigenvalue weighted by Crippen LogP contribution is -2.36. The Hall–Kier alpha value is -2.79. The van der Waals surface area contributed by atoms with Crippen LogP contribution in [-0.4, -0.2) is 32.1 Å². The van der Waals surface area contributed by atoms with Gasteiger partial charge in [0.05, 0.1) is 16.0 Å². The number of thiocarbonyl (C=S) groups is 1. The van der Waals surface area contributed by atoms with Gasteiger partial charge >= 0.3 is 0 Å². The average Bonchev–Trinajstić information content (AvgIpc) is 2.91. The number of hydrogen-bond acceptors (Lipinski definition) is 5. The summed E-state index contributed by atoms with van der Waals surface area (Å²) < 4.78 is 34.7. The van der Waals surface area contributed by atoms with E-state index in [1.54, 1.807) is 30.3 Å². The molecule has 0 bridgehead atoms. The quantitative estimate of drug-likeness (QED) is 0.263. The van der Waals surface area contributed by atoms with E-state index in [1.807, 2.05) is 18.2 Å². The third-order valence-electron chi connectivity index (χ3n) is 6.26. The fourth-order valence-electron chi connectivity index (χ4n) is 4.25. The molecule has 0 heterocycles. The number of anilines is 1. The second kappa shape index (κ2) is 13.3. The predicted octanol–water partition coefficient (Wildman–Crippen LogP) is 5.81. The zero-order chi connectivity index (χ0) is 27.0. The molecule has 1 aliphatic carbocycles. The van der Waals surface area contributed by atoms with E-state index in [2.05, 4.69) is 43.4 Å². The van der Waals surface area contributed by atoms with Crippen molar-refractivity contribution < 1.29 is 17.9 Å². The molecule has 1 amide bonds. The molecule has 10 heteroatoms. The molecule has 0 aromatic heterocycles. The van der Waals surface area contributed by atoms with Gasteiger partial charge in [-0.05, 0) is 89.0 Å². The molecule has 3 N–H and O–H groups in total. The highest BCUT2D eigenvalue weighted by atomic mass is 79.9. The molecular weight excluding hydrogens is 586 g/mol. The van der Waals surface area contributed by atoms with Crippen LogP contribution in [0, 0.1) is 0 Å². The lowest BCUT2D eigenvalue weighted by atomic mass is 9.96. The van der Waals surface area contributed by atoms with E-state index in [-0.39, 0.29) is 22.0 Å². The van der Waals surface area contributed by atoms with Crippen LogP contribution in [0.25, 0.3) is 0 Å². The molecule has 4 rings (SSSR count). The third kappa shape index (κ3) is 8.10. The van der Waals surface area contributed by atoms with Crippen molar-refractivity contribution in [3.8, 4) is 5.75 Å². The topological polar surface area (TPSA) is 96.5 Å². The number of amides is 1. The Morgan fingerprint density at radius 2 is 1.68 bits per heavy atom. The van der Waals surface area contributed by atoms with Gasteiger partial charge in [0.15, 0.2) is 5.11 Å². The van der Waals surface area contributed by atoms with E-state index in [9.17, 15) is 13.2 Å². The summed E-state index contributed by atoms with van der Waals surface area (Å²) in [7, 11) is -3.58. The highest BCUT2D eigenvalue weighted by molar-refractivity contribution is 9.10. The molecule has 3 aromatic rings. The van der Waals surface area contributed by atoms with Gasteiger partial charge in [0, 0.05) is 23.7 Å². The van der Waals surface area contributed by atoms with E-state index in [0.717, 1.165) is 38.5 Å². The third-order valence-corrected chi connectivity index (χ3v) is 8.62. The maximum absolute atomic E-state index is 12.7. The summed E-state index contributed by atoms with van der Waals surface area (Å²) in [6.07, 6.45) is 5.76. The van der Waals surface area contributed by atoms with Crippen molar-refractivity contribution in [2.45, 2.75) is 49.5 Å². The number of sulfonamides is 1. The van der Waals surface area contributed by atoms with Crippen molar-refractivity contribution in [2.75, 3.05) is 11.9 Å². The Morgan fingerprint density at radius 3 is 2.37 bits per heavy atom. The van der Waals surface area contributed by atoms with Gasteiger partial charge in [-0.1, -0.05) is 49.6 Å². The van der Waals surface area contributed by atoms with Crippen molar-refractivity contribution in [2.24, 2.45) is 0 Å². The molecular formula is C28H30BrN3O4S2. The lowest BCUT2D eigenvalue weighted by molar-refractivity contribution is 0.0977. The maximum Gasteiger partial charge on any atom is 0.257 e. The van der Waals surface area contributed by atoms with Gasteiger partial charge in [0.25, 0.3) is 5.91 Å². The van der Waals surface area contributed by atoms with Crippen molar-refractivity contribution in [3.05, 3.63) is 88.4 Å². The summed E-state index contributed by atoms with van der Waals surface area (Å²) in [5.41, 5.74) is 2.16. The Labute approximate surface area is 237 Å². The standard InChI is InChI=1S/C28H30BrN3O4S2/c29-25-19-21(11-16-26(25)36-18-17-20-7-3-1-4-8-20)27(33)31-28(37)30-22-12-14-24(15-13-22)38(34,35)32-23-9-5-2-6-10-23/h1,3-4,7-8,11-16,19,23,32H,2,5-6,9-10,17-18H2,(H2,30,31,33,37). The van der Waals surface area contributed by atoms with Crippen LogP contribution in [0.1, 0.15) is 48.0 Å². The average molecular weight is 617 g/mol. The first kappa shape index (κ1) is 28.2. The fraction of sp³-hybridized carbons (Fsp3) is 0.286. The van der Waals surface area contributed by atoms with Gasteiger partial charge < -0.3 is 10.1 Å². The van der Waals surface area contributed by atoms with Crippen LogP contribution in [0.3, 0.4) is 0 Å². The van der Waals surface area contributed by atoms with Gasteiger partial charge in [-0.25, -0.2) is 13.1 Å². The largest absolute Gasteiger partial charge is 0.492 e. The molecule has 1 saturated carbocycles. The van der Waals surface area contributed by atoms with Crippen molar-refractivity contribution in [1.82, 2.24) is 10.0 Å². The molecule has 1 fully saturated rings. The number of halogens is 1. The summed E-state index contributed by atoms with van der Waals surface area (Å²) in [6.45, 7) is 0.513. The first-order valence-corrected chi connectivity index (χ1v) is 15.2. The van der Waals surface area contributed by atoms with Crippen LogP contribution in [0.4, 0.5) is 5.69 Å². The first-order valence-electron chi connectivity index (χ1n) is 12.5. The molecule has 200 valence electrons. The monoisotopic (exact) mass is 615 g/mol. The van der Waals surface area contributed by atoms with Gasteiger partial charge in [-0.2, -0.15) is 0 Å². The van der Waals surface area contributed by atoms with E-state index < -0.39 is 10.0 Å². The zero-order valence-corrected chi connectivity index (χ0v) is 24.0. The van der Waals surface area contributed by atoms with Gasteiger partial charge in [-0.15, -0.1) is 0 Å². The molecule has 3 aromatic carbocycles. The summed E-state index contributed by atoms with van der Waals surface area (Å²) in [6, 6.07) is 21.4. The normalized spacial score (nSPS) is 14.0. The van der Waals surface area contributed by atoms with Crippen LogP contribution < -0.4 is 20.1 Å². The predicted molar refractivity (Wildman–Crippen MR) is 157 cm³/mol. The molecule has 0 aliphatic heterocycles. The lowest BCUT2D eigenvalue weighted by Gasteiger charge is -2.22. The number of rotatable bonds is 9. The number of benzene rings is 3. The van der Waals surface area contributed by atoms with E-state index in [0.29, 0.717) is 28.1 Å². The summed E-state index contributed by atoms with van der Waals surface area (Å²) in [5.74, 6) is 0.265. The van der Waals surface area contributed by atoms with Gasteiger partial charge in [-0.3, -0.25) is 10.1 Å². The Kier molecular flexibility index (Phi) is 9.90. The number of nitrogens with one attached hydrogen (secondary N) is 3. The van der Waals surface area contributed by atoms with Crippen LogP contribution in [0.5, 0.6) is 5.75 Å². The molecule has 0 radical (unpaired) electrons. The zero-order valence-electron chi connectivity index (χ0n) is 20.8. The second-order valence-electron chi connectivity index (χ2n) is 9.12. The Morgan fingerprint density at radius 1 is 0.974 bits per heavy atom. The number of hydrogen-bond donors (Lipinski definition) is 3. The maximum atomic E-state index is 12.7. The van der Waals surface area contributed by atoms with Crippen LogP contribution in [0.15, 0.2) is 82.2 Å². The number of ether oxygens (including phenoxy) is 1. The molecule has 7 nitrogen and oxygen atoms in total. The fourth-order valence-corrected chi connectivity index (χ4v) is 6.25. The Bertz CT molecular complexity index is 1360. The van der Waals surface area contributed by atoms with Crippen molar-refractivity contribution >= 4 is 54.9 Å². The van der Waals surface area contributed by atoms with Crippen LogP contribution in [0.2, 0.25) is 0 Å². The summed E-state index contributed by atoms with van der Waals surface area (Å²) >= 11 is 8.75. The minimum atomic E-state index is -3.58. The molecule has 0 unspecified atom stereocenters. The van der Waals surface area contributed by atoms with Crippen LogP contribution >= 0.6 is 28.1 Å². The van der Waals surface area contributed by atoms with Crippen molar-refractivity contribution in [3.63, 3.8) is 0 Å². The molecule has 0 spiro atoms. The van der Waals surface area contributed by atoms with E-state index in [4.69, 9.17) is 17.0 Å². The highest BCUT2D eigenvalue weighted by Crippen LogP contribution is 2.26. The first-order chi connectivity index (χ1) is 18.3. The number of carbonyl (C=O) groups excluding carboxylic acids is 1. The summed E-state index contributed by atoms with van der Waals surface area (Å²) in [4.78, 5) is 12.9. The minimum absolute atomic E-state index is 0.00991. The van der Waals surface area contributed by atoms with Gasteiger partial charge in [0.2, 0.25) is 10.0 Å². The number of carbonyl (C=O) groups is 1. The second-order valence-corrected chi connectivity index (χ2v) is 12.1. The van der Waals surface area contributed by atoms with Gasteiger partial charge in [0.1, 0.15) is 5.75 Å². The molecule has 1 aliphatic rings.